The number of benzene rings is 1. The molecule has 83 valence electrons. The summed E-state index contributed by atoms with van der Waals surface area (Å²) in [4.78, 5) is -0.458. The van der Waals surface area contributed by atoms with E-state index in [4.69, 9.17) is 0 Å². The Balaban J connectivity index is 3.27. The third-order valence-electron chi connectivity index (χ3n) is 1.70. The van der Waals surface area contributed by atoms with Crippen LogP contribution >= 0.6 is 0 Å². The lowest BCUT2D eigenvalue weighted by Gasteiger charge is -2.07. The highest BCUT2D eigenvalue weighted by Gasteiger charge is 2.31. The fraction of sp³-hybridized carbons (Fsp3) is 0.250. The zero-order valence-corrected chi connectivity index (χ0v) is 8.43. The van der Waals surface area contributed by atoms with Crippen molar-refractivity contribution in [2.45, 2.75) is 11.1 Å². The molecule has 0 atom stereocenters. The van der Waals surface area contributed by atoms with Gasteiger partial charge in [0.1, 0.15) is 0 Å². The molecule has 1 aromatic carbocycles. The fourth-order valence-corrected chi connectivity index (χ4v) is 1.68. The van der Waals surface area contributed by atoms with Crippen molar-refractivity contribution in [3.8, 4) is 0 Å². The van der Waals surface area contributed by atoms with Crippen molar-refractivity contribution in [1.82, 2.24) is 4.72 Å². The highest BCUT2D eigenvalue weighted by molar-refractivity contribution is 7.89. The molecule has 0 unspecified atom stereocenters. The summed E-state index contributed by atoms with van der Waals surface area (Å²) in [7, 11) is -2.95. The molecule has 0 aliphatic rings. The summed E-state index contributed by atoms with van der Waals surface area (Å²) >= 11 is 0. The Morgan fingerprint density at radius 3 is 2.33 bits per heavy atom. The summed E-state index contributed by atoms with van der Waals surface area (Å²) in [6.45, 7) is 0. The number of halogens is 3. The Morgan fingerprint density at radius 2 is 1.87 bits per heavy atom. The van der Waals surface area contributed by atoms with Gasteiger partial charge in [0.15, 0.2) is 0 Å². The maximum atomic E-state index is 12.2. The fourth-order valence-electron chi connectivity index (χ4n) is 0.938. The highest BCUT2D eigenvalue weighted by Crippen LogP contribution is 2.30. The van der Waals surface area contributed by atoms with Gasteiger partial charge in [0, 0.05) is 7.05 Å². The van der Waals surface area contributed by atoms with Crippen molar-refractivity contribution in [2.24, 2.45) is 0 Å². The van der Waals surface area contributed by atoms with Crippen molar-refractivity contribution in [1.29, 1.82) is 0 Å². The number of alkyl halides is 3. The predicted molar refractivity (Wildman–Crippen MR) is 46.7 cm³/mol. The monoisotopic (exact) mass is 238 g/mol. The van der Waals surface area contributed by atoms with E-state index < -0.39 is 26.7 Å². The van der Waals surface area contributed by atoms with Gasteiger partial charge in [-0.05, 0) is 18.2 Å². The van der Waals surface area contributed by atoms with Gasteiger partial charge in [-0.15, -0.1) is 4.72 Å². The first-order valence-electron chi connectivity index (χ1n) is 3.81. The van der Waals surface area contributed by atoms with Crippen molar-refractivity contribution in [2.75, 3.05) is 7.05 Å². The first-order chi connectivity index (χ1) is 6.77. The van der Waals surface area contributed by atoms with Crippen LogP contribution in [-0.2, 0) is 16.2 Å². The second-order valence-electron chi connectivity index (χ2n) is 2.68. The molecule has 0 bridgehead atoms. The first-order valence-corrected chi connectivity index (χ1v) is 5.25. The summed E-state index contributed by atoms with van der Waals surface area (Å²) in [6, 6.07) is 3.45. The summed E-state index contributed by atoms with van der Waals surface area (Å²) in [5.41, 5.74) is -1.01. The molecule has 1 rings (SSSR count). The number of hydrogen-bond acceptors (Lipinski definition) is 2. The molecule has 0 aliphatic carbocycles. The lowest BCUT2D eigenvalue weighted by atomic mass is 10.2. The van der Waals surface area contributed by atoms with Gasteiger partial charge in [-0.2, -0.15) is 13.2 Å². The molecule has 0 aliphatic heterocycles. The minimum atomic E-state index is -4.56. The normalized spacial score (nSPS) is 12.8. The number of rotatable bonds is 2. The van der Waals surface area contributed by atoms with E-state index in [9.17, 15) is 21.6 Å². The van der Waals surface area contributed by atoms with E-state index in [1.165, 1.54) is 0 Å². The number of sulfonamides is 1. The van der Waals surface area contributed by atoms with Gasteiger partial charge in [0.05, 0.1) is 10.5 Å². The van der Waals surface area contributed by atoms with Crippen molar-refractivity contribution < 1.29 is 21.6 Å². The van der Waals surface area contributed by atoms with Crippen LogP contribution in [0.3, 0.4) is 0 Å². The molecule has 0 aromatic heterocycles. The highest BCUT2D eigenvalue weighted by atomic mass is 32.2. The van der Waals surface area contributed by atoms with Gasteiger partial charge in [-0.1, -0.05) is 6.07 Å². The molecule has 1 radical (unpaired) electrons. The third kappa shape index (κ3) is 2.69. The van der Waals surface area contributed by atoms with E-state index >= 15 is 0 Å². The van der Waals surface area contributed by atoms with Crippen LogP contribution in [0.25, 0.3) is 0 Å². The van der Waals surface area contributed by atoms with E-state index in [0.717, 1.165) is 25.2 Å². The van der Waals surface area contributed by atoms with E-state index in [1.807, 2.05) is 0 Å². The largest absolute Gasteiger partial charge is 0.416 e. The average molecular weight is 238 g/mol. The Kier molecular flexibility index (Phi) is 3.05. The van der Waals surface area contributed by atoms with Gasteiger partial charge >= 0.3 is 6.18 Å². The molecule has 3 nitrogen and oxygen atoms in total. The standard InChI is InChI=1S/C8H7F3NO2S/c1-12-15(13,14)7-4-2-3-6(5-7)8(9,10)11/h2-5H,1H3. The van der Waals surface area contributed by atoms with Crippen LogP contribution in [0.5, 0.6) is 0 Å². The van der Waals surface area contributed by atoms with Crippen LogP contribution in [0.15, 0.2) is 29.2 Å². The second-order valence-corrected chi connectivity index (χ2v) is 4.47. The molecular formula is C8H7F3NO2S. The third-order valence-corrected chi connectivity index (χ3v) is 3.03. The Hall–Kier alpha value is -1.08. The van der Waals surface area contributed by atoms with E-state index in [1.54, 1.807) is 0 Å². The van der Waals surface area contributed by atoms with Crippen LogP contribution in [0, 0.1) is 0 Å². The molecule has 0 heterocycles. The molecule has 15 heavy (non-hydrogen) atoms. The van der Waals surface area contributed by atoms with E-state index in [-0.39, 0.29) is 0 Å². The van der Waals surface area contributed by atoms with Gasteiger partial charge < -0.3 is 0 Å². The lowest BCUT2D eigenvalue weighted by Crippen LogP contribution is -2.13. The minimum absolute atomic E-state index is 0.458. The molecule has 1 aromatic rings. The van der Waals surface area contributed by atoms with Gasteiger partial charge in [0.2, 0.25) is 0 Å². The molecule has 0 amide bonds. The van der Waals surface area contributed by atoms with Gasteiger partial charge in [0.25, 0.3) is 10.0 Å². The first kappa shape index (κ1) is 12.0. The Bertz CT molecular complexity index is 453. The quantitative estimate of drug-likeness (QED) is 0.786. The summed E-state index contributed by atoms with van der Waals surface area (Å²) < 4.78 is 62.0. The smallest absolute Gasteiger partial charge is 0.206 e. The predicted octanol–water partition coefficient (Wildman–Crippen LogP) is 1.63. The maximum absolute atomic E-state index is 12.2. The summed E-state index contributed by atoms with van der Waals surface area (Å²) in [5.74, 6) is 0. The molecular weight excluding hydrogens is 231 g/mol. The van der Waals surface area contributed by atoms with Crippen LogP contribution < -0.4 is 4.72 Å². The number of nitrogens with zero attached hydrogens (tertiary/aromatic N) is 1. The van der Waals surface area contributed by atoms with E-state index in [2.05, 4.69) is 4.72 Å². The van der Waals surface area contributed by atoms with Gasteiger partial charge in [-0.3, -0.25) is 0 Å². The van der Waals surface area contributed by atoms with Gasteiger partial charge in [-0.25, -0.2) is 8.42 Å². The average Bonchev–Trinajstić information content (AvgIpc) is 2.17. The summed E-state index contributed by atoms with van der Waals surface area (Å²) in [5, 5.41) is 0. The van der Waals surface area contributed by atoms with E-state index in [0.29, 0.717) is 6.07 Å². The molecule has 0 spiro atoms. The van der Waals surface area contributed by atoms with Crippen LogP contribution in [0.1, 0.15) is 5.56 Å². The van der Waals surface area contributed by atoms with Crippen molar-refractivity contribution in [3.05, 3.63) is 29.8 Å². The number of hydrogen-bond donors (Lipinski definition) is 0. The zero-order valence-electron chi connectivity index (χ0n) is 7.62. The zero-order chi connectivity index (χ0) is 11.7. The Morgan fingerprint density at radius 1 is 1.27 bits per heavy atom. The lowest BCUT2D eigenvalue weighted by molar-refractivity contribution is -0.137. The topological polar surface area (TPSA) is 48.2 Å². The summed E-state index contributed by atoms with van der Waals surface area (Å²) in [6.07, 6.45) is -4.56. The second kappa shape index (κ2) is 3.82. The van der Waals surface area contributed by atoms with Crippen molar-refractivity contribution in [3.63, 3.8) is 0 Å². The van der Waals surface area contributed by atoms with Crippen molar-refractivity contribution >= 4 is 10.0 Å². The van der Waals surface area contributed by atoms with Crippen LogP contribution in [0.2, 0.25) is 0 Å². The molecule has 7 heteroatoms. The Labute approximate surface area is 85.0 Å². The van der Waals surface area contributed by atoms with Crippen LogP contribution in [-0.4, -0.2) is 15.5 Å². The molecule has 0 N–H and O–H groups in total. The van der Waals surface area contributed by atoms with Crippen LogP contribution in [0.4, 0.5) is 13.2 Å². The minimum Gasteiger partial charge on any atom is -0.206 e. The SMILES string of the molecule is C[N]S(=O)(=O)c1cccc(C(F)(F)F)c1. The molecule has 0 fully saturated rings. The molecule has 0 saturated heterocycles. The molecule has 0 saturated carbocycles. The maximum Gasteiger partial charge on any atom is 0.416 e.